The maximum Gasteiger partial charge on any atom is 0.375 e. The average molecular weight is 253 g/mol. The number of carboxylic acid groups (broad SMARTS) is 1. The van der Waals surface area contributed by atoms with E-state index in [4.69, 9.17) is 5.11 Å². The predicted octanol–water partition coefficient (Wildman–Crippen LogP) is 0.357. The molecule has 0 bridgehead atoms. The molecule has 1 N–H and O–H groups in total. The quantitative estimate of drug-likeness (QED) is 0.434. The molecular formula is C7H9BrO5. The molecule has 0 spiro atoms. The second-order valence-electron chi connectivity index (χ2n) is 2.15. The molecule has 0 aliphatic heterocycles. The molecule has 0 rings (SSSR count). The predicted molar refractivity (Wildman–Crippen MR) is 46.6 cm³/mol. The standard InChI is InChI=1S/C7H9BrO5/c1-2-13-7(12)6(11)4(8)3-5(9)10/h4H,2-3H2,1H3,(H,9,10). The number of halogens is 1. The number of carbonyl (C=O) groups excluding carboxylic acids is 2. The SMILES string of the molecule is CCOC(=O)C(=O)C(Br)CC(=O)O. The second-order valence-corrected chi connectivity index (χ2v) is 3.26. The molecule has 0 aliphatic carbocycles. The minimum Gasteiger partial charge on any atom is -0.481 e. The van der Waals surface area contributed by atoms with Gasteiger partial charge < -0.3 is 9.84 Å². The summed E-state index contributed by atoms with van der Waals surface area (Å²) in [6.45, 7) is 1.66. The van der Waals surface area contributed by atoms with Crippen LogP contribution in [0.1, 0.15) is 13.3 Å². The number of aliphatic carboxylic acids is 1. The van der Waals surface area contributed by atoms with Gasteiger partial charge in [-0.25, -0.2) is 4.79 Å². The third-order valence-corrected chi connectivity index (χ3v) is 1.85. The van der Waals surface area contributed by atoms with Gasteiger partial charge in [0.25, 0.3) is 5.78 Å². The highest BCUT2D eigenvalue weighted by Crippen LogP contribution is 2.07. The minimum absolute atomic E-state index is 0.0946. The summed E-state index contributed by atoms with van der Waals surface area (Å²) >= 11 is 2.78. The van der Waals surface area contributed by atoms with Crippen molar-refractivity contribution in [1.29, 1.82) is 0 Å². The van der Waals surface area contributed by atoms with Gasteiger partial charge in [0.1, 0.15) is 0 Å². The Kier molecular flexibility index (Phi) is 5.29. The van der Waals surface area contributed by atoms with Gasteiger partial charge in [-0.3, -0.25) is 9.59 Å². The number of ketones is 1. The van der Waals surface area contributed by atoms with Crippen LogP contribution in [0, 0.1) is 0 Å². The molecule has 0 saturated heterocycles. The molecule has 0 aromatic heterocycles. The van der Waals surface area contributed by atoms with Crippen molar-refractivity contribution in [3.63, 3.8) is 0 Å². The number of hydrogen-bond acceptors (Lipinski definition) is 4. The molecule has 0 radical (unpaired) electrons. The molecule has 0 aromatic carbocycles. The van der Waals surface area contributed by atoms with E-state index in [1.807, 2.05) is 0 Å². The van der Waals surface area contributed by atoms with E-state index in [0.29, 0.717) is 0 Å². The molecule has 5 nitrogen and oxygen atoms in total. The van der Waals surface area contributed by atoms with E-state index in [1.54, 1.807) is 6.92 Å². The molecule has 0 fully saturated rings. The fraction of sp³-hybridized carbons (Fsp3) is 0.571. The number of carboxylic acids is 1. The Morgan fingerprint density at radius 2 is 2.00 bits per heavy atom. The molecule has 0 saturated carbocycles. The van der Waals surface area contributed by atoms with Crippen molar-refractivity contribution in [2.45, 2.75) is 18.2 Å². The van der Waals surface area contributed by atoms with Crippen LogP contribution < -0.4 is 0 Å². The van der Waals surface area contributed by atoms with Gasteiger partial charge in [0.2, 0.25) is 0 Å². The van der Waals surface area contributed by atoms with Gasteiger partial charge in [-0.15, -0.1) is 0 Å². The van der Waals surface area contributed by atoms with Gasteiger partial charge in [0.15, 0.2) is 0 Å². The van der Waals surface area contributed by atoms with Gasteiger partial charge >= 0.3 is 11.9 Å². The number of hydrogen-bond donors (Lipinski definition) is 1. The number of rotatable bonds is 5. The van der Waals surface area contributed by atoms with Crippen molar-refractivity contribution in [3.8, 4) is 0 Å². The first-order valence-corrected chi connectivity index (χ1v) is 4.47. The summed E-state index contributed by atoms with van der Waals surface area (Å²) in [5.41, 5.74) is 0. The molecule has 0 aromatic rings. The largest absolute Gasteiger partial charge is 0.481 e. The topological polar surface area (TPSA) is 80.7 Å². The molecule has 0 aliphatic rings. The molecule has 1 atom stereocenters. The van der Waals surface area contributed by atoms with Crippen molar-refractivity contribution in [1.82, 2.24) is 0 Å². The molecule has 0 heterocycles. The fourth-order valence-corrected chi connectivity index (χ4v) is 1.04. The summed E-state index contributed by atoms with van der Waals surface area (Å²) < 4.78 is 4.39. The zero-order chi connectivity index (χ0) is 10.4. The van der Waals surface area contributed by atoms with E-state index >= 15 is 0 Å². The van der Waals surface area contributed by atoms with E-state index in [-0.39, 0.29) is 6.61 Å². The van der Waals surface area contributed by atoms with Gasteiger partial charge in [0, 0.05) is 0 Å². The van der Waals surface area contributed by atoms with Crippen LogP contribution in [0.5, 0.6) is 0 Å². The molecule has 0 amide bonds. The van der Waals surface area contributed by atoms with Gasteiger partial charge in [-0.05, 0) is 6.92 Å². The van der Waals surface area contributed by atoms with Gasteiger partial charge in [-0.2, -0.15) is 0 Å². The summed E-state index contributed by atoms with van der Waals surface area (Å²) in [5.74, 6) is -3.03. The Balaban J connectivity index is 4.09. The summed E-state index contributed by atoms with van der Waals surface area (Å²) in [7, 11) is 0. The lowest BCUT2D eigenvalue weighted by Crippen LogP contribution is -2.27. The third kappa shape index (κ3) is 4.62. The highest BCUT2D eigenvalue weighted by Gasteiger charge is 2.25. The summed E-state index contributed by atoms with van der Waals surface area (Å²) in [6.07, 6.45) is -0.433. The van der Waals surface area contributed by atoms with Crippen LogP contribution in [0.3, 0.4) is 0 Å². The minimum atomic E-state index is -1.15. The zero-order valence-electron chi connectivity index (χ0n) is 6.95. The van der Waals surface area contributed by atoms with Crippen molar-refractivity contribution >= 4 is 33.7 Å². The Hall–Kier alpha value is -0.910. The smallest absolute Gasteiger partial charge is 0.375 e. The first-order valence-electron chi connectivity index (χ1n) is 3.55. The molecule has 74 valence electrons. The van der Waals surface area contributed by atoms with E-state index in [9.17, 15) is 14.4 Å². The van der Waals surface area contributed by atoms with E-state index < -0.39 is 29.0 Å². The third-order valence-electron chi connectivity index (χ3n) is 1.11. The maximum atomic E-state index is 11.0. The van der Waals surface area contributed by atoms with Crippen LogP contribution in [-0.4, -0.2) is 34.3 Å². The zero-order valence-corrected chi connectivity index (χ0v) is 8.54. The normalized spacial score (nSPS) is 11.8. The van der Waals surface area contributed by atoms with Crippen LogP contribution in [-0.2, 0) is 19.1 Å². The fourth-order valence-electron chi connectivity index (χ4n) is 0.576. The molecule has 13 heavy (non-hydrogen) atoms. The first-order chi connectivity index (χ1) is 5.99. The Bertz CT molecular complexity index is 225. The van der Waals surface area contributed by atoms with Crippen molar-refractivity contribution in [3.05, 3.63) is 0 Å². The second kappa shape index (κ2) is 5.69. The Morgan fingerprint density at radius 1 is 1.46 bits per heavy atom. The lowest BCUT2D eigenvalue weighted by Gasteiger charge is -2.04. The monoisotopic (exact) mass is 252 g/mol. The van der Waals surface area contributed by atoms with Crippen LogP contribution in [0.25, 0.3) is 0 Å². The lowest BCUT2D eigenvalue weighted by atomic mass is 10.2. The average Bonchev–Trinajstić information content (AvgIpc) is 2.02. The number of carbonyl (C=O) groups is 3. The number of Topliss-reactive ketones (excluding diaryl/α,β-unsaturated/α-hetero) is 1. The van der Waals surface area contributed by atoms with Crippen LogP contribution >= 0.6 is 15.9 Å². The Labute approximate surface area is 83.2 Å². The van der Waals surface area contributed by atoms with Gasteiger partial charge in [-0.1, -0.05) is 15.9 Å². The van der Waals surface area contributed by atoms with Crippen LogP contribution in [0.15, 0.2) is 0 Å². The summed E-state index contributed by atoms with van der Waals surface area (Å²) in [6, 6.07) is 0. The lowest BCUT2D eigenvalue weighted by molar-refractivity contribution is -0.153. The summed E-state index contributed by atoms with van der Waals surface area (Å²) in [5, 5.41) is 8.31. The molecular weight excluding hydrogens is 244 g/mol. The van der Waals surface area contributed by atoms with E-state index in [1.165, 1.54) is 0 Å². The Morgan fingerprint density at radius 3 is 2.38 bits per heavy atom. The van der Waals surface area contributed by atoms with Crippen LogP contribution in [0.2, 0.25) is 0 Å². The molecule has 1 unspecified atom stereocenters. The first kappa shape index (κ1) is 12.1. The number of esters is 1. The van der Waals surface area contributed by atoms with Gasteiger partial charge in [0.05, 0.1) is 17.9 Å². The number of alkyl halides is 1. The number of ether oxygens (including phenoxy) is 1. The van der Waals surface area contributed by atoms with E-state index in [2.05, 4.69) is 20.7 Å². The highest BCUT2D eigenvalue weighted by atomic mass is 79.9. The van der Waals surface area contributed by atoms with E-state index in [0.717, 1.165) is 0 Å². The summed E-state index contributed by atoms with van der Waals surface area (Å²) in [4.78, 5) is 30.9. The van der Waals surface area contributed by atoms with Crippen LogP contribution in [0.4, 0.5) is 0 Å². The van der Waals surface area contributed by atoms with Crippen molar-refractivity contribution in [2.24, 2.45) is 0 Å². The maximum absolute atomic E-state index is 11.0. The van der Waals surface area contributed by atoms with Crippen molar-refractivity contribution in [2.75, 3.05) is 6.61 Å². The van der Waals surface area contributed by atoms with Crippen molar-refractivity contribution < 1.29 is 24.2 Å². The molecule has 6 heteroatoms. The highest BCUT2D eigenvalue weighted by molar-refractivity contribution is 9.10.